The number of carboxylic acid groups (broad SMARTS) is 1. The Labute approximate surface area is 121 Å². The van der Waals surface area contributed by atoms with E-state index in [2.05, 4.69) is 12.2 Å². The zero-order valence-corrected chi connectivity index (χ0v) is 12.7. The molecule has 1 atom stereocenters. The molecule has 1 rings (SSSR count). The van der Waals surface area contributed by atoms with Crippen molar-refractivity contribution in [3.63, 3.8) is 0 Å². The van der Waals surface area contributed by atoms with Gasteiger partial charge in [-0.25, -0.2) is 0 Å². The molecule has 1 unspecified atom stereocenters. The van der Waals surface area contributed by atoms with Crippen molar-refractivity contribution in [3.05, 3.63) is 0 Å². The number of amides is 1. The van der Waals surface area contributed by atoms with Gasteiger partial charge in [-0.05, 0) is 38.0 Å². The highest BCUT2D eigenvalue weighted by atomic mass is 16.4. The van der Waals surface area contributed by atoms with Crippen LogP contribution in [0, 0.1) is 11.3 Å². The summed E-state index contributed by atoms with van der Waals surface area (Å²) >= 11 is 0. The predicted octanol–water partition coefficient (Wildman–Crippen LogP) is 1.90. The highest BCUT2D eigenvalue weighted by Crippen LogP contribution is 2.38. The van der Waals surface area contributed by atoms with E-state index in [1.165, 1.54) is 0 Å². The Morgan fingerprint density at radius 3 is 2.50 bits per heavy atom. The molecular formula is C15H28N2O3. The maximum atomic E-state index is 11.9. The summed E-state index contributed by atoms with van der Waals surface area (Å²) in [4.78, 5) is 23.4. The van der Waals surface area contributed by atoms with Gasteiger partial charge in [-0.15, -0.1) is 0 Å². The van der Waals surface area contributed by atoms with Crippen LogP contribution in [0.5, 0.6) is 0 Å². The molecule has 0 bridgehead atoms. The van der Waals surface area contributed by atoms with Gasteiger partial charge in [0, 0.05) is 6.54 Å². The first-order chi connectivity index (χ1) is 9.41. The third kappa shape index (κ3) is 4.47. The lowest BCUT2D eigenvalue weighted by atomic mass is 9.71. The number of hydrogen-bond donors (Lipinski definition) is 3. The van der Waals surface area contributed by atoms with Crippen molar-refractivity contribution in [2.24, 2.45) is 17.1 Å². The summed E-state index contributed by atoms with van der Waals surface area (Å²) in [7, 11) is 0. The van der Waals surface area contributed by atoms with Crippen molar-refractivity contribution in [2.75, 3.05) is 6.54 Å². The Balaban J connectivity index is 2.51. The van der Waals surface area contributed by atoms with E-state index in [0.29, 0.717) is 25.2 Å². The van der Waals surface area contributed by atoms with Crippen LogP contribution in [-0.2, 0) is 9.59 Å². The summed E-state index contributed by atoms with van der Waals surface area (Å²) in [5, 5.41) is 12.2. The molecule has 0 spiro atoms. The minimum Gasteiger partial charge on any atom is -0.481 e. The number of aliphatic carboxylic acids is 1. The summed E-state index contributed by atoms with van der Waals surface area (Å²) in [6.45, 7) is 4.39. The van der Waals surface area contributed by atoms with E-state index in [0.717, 1.165) is 25.7 Å². The highest BCUT2D eigenvalue weighted by Gasteiger charge is 2.41. The van der Waals surface area contributed by atoms with Crippen molar-refractivity contribution in [3.8, 4) is 0 Å². The molecule has 0 heterocycles. The van der Waals surface area contributed by atoms with Gasteiger partial charge in [0.2, 0.25) is 5.91 Å². The fourth-order valence-electron chi connectivity index (χ4n) is 2.72. The number of carbonyl (C=O) groups is 2. The molecule has 1 aliphatic rings. The van der Waals surface area contributed by atoms with Gasteiger partial charge in [-0.3, -0.25) is 9.59 Å². The Morgan fingerprint density at radius 1 is 1.40 bits per heavy atom. The zero-order valence-electron chi connectivity index (χ0n) is 12.7. The number of hydrogen-bond acceptors (Lipinski definition) is 3. The maximum Gasteiger partial charge on any atom is 0.311 e. The largest absolute Gasteiger partial charge is 0.481 e. The fourth-order valence-corrected chi connectivity index (χ4v) is 2.72. The average Bonchev–Trinajstić information content (AvgIpc) is 2.43. The quantitative estimate of drug-likeness (QED) is 0.665. The Kier molecular flexibility index (Phi) is 6.46. The maximum absolute atomic E-state index is 11.9. The van der Waals surface area contributed by atoms with Crippen LogP contribution in [0.25, 0.3) is 0 Å². The average molecular weight is 284 g/mol. The van der Waals surface area contributed by atoms with E-state index in [1.807, 2.05) is 6.92 Å². The van der Waals surface area contributed by atoms with Gasteiger partial charge in [-0.2, -0.15) is 0 Å². The van der Waals surface area contributed by atoms with Gasteiger partial charge in [0.05, 0.1) is 11.5 Å². The van der Waals surface area contributed by atoms with Gasteiger partial charge in [0.15, 0.2) is 0 Å². The molecule has 5 nitrogen and oxygen atoms in total. The van der Waals surface area contributed by atoms with Crippen LogP contribution in [0.4, 0.5) is 0 Å². The number of unbranched alkanes of at least 4 members (excludes halogenated alkanes) is 1. The molecule has 1 aliphatic carbocycles. The third-order valence-corrected chi connectivity index (χ3v) is 4.49. The van der Waals surface area contributed by atoms with Crippen LogP contribution in [0.15, 0.2) is 0 Å². The van der Waals surface area contributed by atoms with E-state index in [9.17, 15) is 14.7 Å². The Morgan fingerprint density at radius 2 is 2.00 bits per heavy atom. The first-order valence-electron chi connectivity index (χ1n) is 7.68. The number of carbonyl (C=O) groups excluding carboxylic acids is 1. The summed E-state index contributed by atoms with van der Waals surface area (Å²) in [6.07, 6.45) is 5.64. The molecule has 0 aromatic carbocycles. The summed E-state index contributed by atoms with van der Waals surface area (Å²) in [5.74, 6) is -0.450. The van der Waals surface area contributed by atoms with Crippen LogP contribution >= 0.6 is 0 Å². The minimum atomic E-state index is -0.799. The first-order valence-corrected chi connectivity index (χ1v) is 7.68. The van der Waals surface area contributed by atoms with Crippen molar-refractivity contribution >= 4 is 11.9 Å². The molecule has 0 aromatic heterocycles. The van der Waals surface area contributed by atoms with Gasteiger partial charge in [0.25, 0.3) is 0 Å². The third-order valence-electron chi connectivity index (χ3n) is 4.49. The lowest BCUT2D eigenvalue weighted by Crippen LogP contribution is -2.49. The van der Waals surface area contributed by atoms with E-state index < -0.39 is 17.4 Å². The second-order valence-electron chi connectivity index (χ2n) is 6.23. The van der Waals surface area contributed by atoms with Crippen molar-refractivity contribution in [1.82, 2.24) is 5.32 Å². The summed E-state index contributed by atoms with van der Waals surface area (Å²) in [5.41, 5.74) is 5.00. The number of nitrogens with two attached hydrogens (primary N) is 1. The molecule has 0 saturated heterocycles. The van der Waals surface area contributed by atoms with E-state index in [-0.39, 0.29) is 12.5 Å². The molecule has 5 heteroatoms. The van der Waals surface area contributed by atoms with Gasteiger partial charge < -0.3 is 16.2 Å². The van der Waals surface area contributed by atoms with Crippen molar-refractivity contribution in [2.45, 2.75) is 64.8 Å². The van der Waals surface area contributed by atoms with Gasteiger partial charge >= 0.3 is 5.97 Å². The van der Waals surface area contributed by atoms with Crippen molar-refractivity contribution in [1.29, 1.82) is 0 Å². The van der Waals surface area contributed by atoms with Gasteiger partial charge in [-0.1, -0.05) is 26.7 Å². The smallest absolute Gasteiger partial charge is 0.311 e. The Bertz CT molecular complexity index is 336. The van der Waals surface area contributed by atoms with Crippen molar-refractivity contribution < 1.29 is 14.7 Å². The molecule has 116 valence electrons. The lowest BCUT2D eigenvalue weighted by molar-refractivity contribution is -0.151. The molecule has 4 N–H and O–H groups in total. The number of carboxylic acids is 1. The number of nitrogens with one attached hydrogen (secondary N) is 1. The van der Waals surface area contributed by atoms with Crippen LogP contribution in [0.2, 0.25) is 0 Å². The highest BCUT2D eigenvalue weighted by molar-refractivity contribution is 5.82. The summed E-state index contributed by atoms with van der Waals surface area (Å²) < 4.78 is 0. The fraction of sp³-hybridized carbons (Fsp3) is 0.867. The number of rotatable bonds is 7. The molecule has 1 saturated carbocycles. The zero-order chi connectivity index (χ0) is 15.2. The first kappa shape index (κ1) is 17.0. The van der Waals surface area contributed by atoms with Crippen LogP contribution in [0.1, 0.15) is 58.8 Å². The summed E-state index contributed by atoms with van der Waals surface area (Å²) in [6, 6.07) is -0.525. The van der Waals surface area contributed by atoms with E-state index in [4.69, 9.17) is 5.73 Å². The molecule has 0 aliphatic heterocycles. The predicted molar refractivity (Wildman–Crippen MR) is 78.2 cm³/mol. The normalized spacial score (nSPS) is 27.9. The van der Waals surface area contributed by atoms with E-state index in [1.54, 1.807) is 0 Å². The molecule has 20 heavy (non-hydrogen) atoms. The van der Waals surface area contributed by atoms with Crippen LogP contribution in [-0.4, -0.2) is 29.6 Å². The molecule has 0 aromatic rings. The van der Waals surface area contributed by atoms with Gasteiger partial charge in [0.1, 0.15) is 0 Å². The monoisotopic (exact) mass is 284 g/mol. The second kappa shape index (κ2) is 7.62. The Hall–Kier alpha value is -1.10. The van der Waals surface area contributed by atoms with E-state index >= 15 is 0 Å². The second-order valence-corrected chi connectivity index (χ2v) is 6.23. The minimum absolute atomic E-state index is 0.202. The van der Waals surface area contributed by atoms with Crippen LogP contribution in [0.3, 0.4) is 0 Å². The molecule has 0 radical (unpaired) electrons. The molecule has 1 fully saturated rings. The standard InChI is InChI=1S/C15H28N2O3/c1-3-4-5-12(16)13(18)17-10-15(14(19)20)8-6-11(2)7-9-15/h11-12H,3-10,16H2,1-2H3,(H,17,18)(H,19,20). The van der Waals surface area contributed by atoms with Crippen LogP contribution < -0.4 is 11.1 Å². The lowest BCUT2D eigenvalue weighted by Gasteiger charge is -2.36. The topological polar surface area (TPSA) is 92.4 Å². The SMILES string of the molecule is CCCCC(N)C(=O)NCC1(C(=O)O)CCC(C)CC1. The molecular weight excluding hydrogens is 256 g/mol. The molecule has 1 amide bonds.